The topological polar surface area (TPSA) is 17.8 Å². The quantitative estimate of drug-likeness (QED) is 0.648. The van der Waals surface area contributed by atoms with Crippen molar-refractivity contribution < 1.29 is 4.39 Å². The molecule has 1 heterocycles. The van der Waals surface area contributed by atoms with Gasteiger partial charge in [-0.3, -0.25) is 0 Å². The Hall–Kier alpha value is -1.87. The molecule has 3 aromatic rings. The van der Waals surface area contributed by atoms with Gasteiger partial charge in [0, 0.05) is 0 Å². The number of aromatic nitrogens is 2. The van der Waals surface area contributed by atoms with E-state index >= 15 is 0 Å². The second kappa shape index (κ2) is 5.25. The molecule has 0 spiro atoms. The number of hydrogen-bond acceptors (Lipinski definition) is 1. The highest BCUT2D eigenvalue weighted by molar-refractivity contribution is 6.16. The van der Waals surface area contributed by atoms with Crippen molar-refractivity contribution in [3.63, 3.8) is 0 Å². The molecule has 0 aliphatic heterocycles. The number of fused-ring (bicyclic) bond motifs is 1. The molecular weight excluding hydrogens is 275 g/mol. The fourth-order valence-corrected chi connectivity index (χ4v) is 2.72. The summed E-state index contributed by atoms with van der Waals surface area (Å²) >= 11 is 6.01. The van der Waals surface area contributed by atoms with Crippen LogP contribution in [0.15, 0.2) is 48.5 Å². The SMILES string of the molecule is CC(c1cccc(F)c1)n1c(CCl)nc2ccccc21. The molecule has 102 valence electrons. The second-order valence-corrected chi connectivity index (χ2v) is 5.02. The molecule has 1 atom stereocenters. The van der Waals surface area contributed by atoms with E-state index < -0.39 is 0 Å². The highest BCUT2D eigenvalue weighted by Crippen LogP contribution is 2.27. The van der Waals surface area contributed by atoms with Gasteiger partial charge in [-0.2, -0.15) is 0 Å². The molecule has 0 aliphatic carbocycles. The van der Waals surface area contributed by atoms with Crippen LogP contribution in [0.4, 0.5) is 4.39 Å². The van der Waals surface area contributed by atoms with E-state index in [4.69, 9.17) is 11.6 Å². The van der Waals surface area contributed by atoms with Crippen molar-refractivity contribution >= 4 is 22.6 Å². The standard InChI is InChI=1S/C16H14ClFN2/c1-11(12-5-4-6-13(18)9-12)20-15-8-3-2-7-14(15)19-16(20)10-17/h2-9,11H,10H2,1H3. The summed E-state index contributed by atoms with van der Waals surface area (Å²) in [6.45, 7) is 2.03. The van der Waals surface area contributed by atoms with Gasteiger partial charge in [0.1, 0.15) is 11.6 Å². The van der Waals surface area contributed by atoms with Crippen LogP contribution in [0.1, 0.15) is 24.4 Å². The lowest BCUT2D eigenvalue weighted by Gasteiger charge is -2.17. The van der Waals surface area contributed by atoms with E-state index in [1.165, 1.54) is 6.07 Å². The fraction of sp³-hybridized carbons (Fsp3) is 0.188. The third-order valence-electron chi connectivity index (χ3n) is 3.51. The minimum Gasteiger partial charge on any atom is -0.320 e. The summed E-state index contributed by atoms with van der Waals surface area (Å²) in [5, 5.41) is 0. The summed E-state index contributed by atoms with van der Waals surface area (Å²) in [6.07, 6.45) is 0. The summed E-state index contributed by atoms with van der Waals surface area (Å²) in [5.74, 6) is 0.893. The predicted molar refractivity (Wildman–Crippen MR) is 79.5 cm³/mol. The van der Waals surface area contributed by atoms with Crippen LogP contribution in [-0.4, -0.2) is 9.55 Å². The van der Waals surface area contributed by atoms with E-state index in [1.807, 2.05) is 37.3 Å². The number of benzene rings is 2. The largest absolute Gasteiger partial charge is 0.320 e. The molecule has 20 heavy (non-hydrogen) atoms. The molecule has 0 bridgehead atoms. The lowest BCUT2D eigenvalue weighted by atomic mass is 10.1. The second-order valence-electron chi connectivity index (χ2n) is 4.75. The first-order valence-electron chi connectivity index (χ1n) is 6.48. The lowest BCUT2D eigenvalue weighted by Crippen LogP contribution is -2.10. The van der Waals surface area contributed by atoms with Crippen LogP contribution in [0.25, 0.3) is 11.0 Å². The maximum absolute atomic E-state index is 13.4. The monoisotopic (exact) mass is 288 g/mol. The highest BCUT2D eigenvalue weighted by atomic mass is 35.5. The molecule has 2 aromatic carbocycles. The van der Waals surface area contributed by atoms with Gasteiger partial charge in [-0.25, -0.2) is 9.37 Å². The van der Waals surface area contributed by atoms with E-state index in [0.29, 0.717) is 5.88 Å². The van der Waals surface area contributed by atoms with Crippen molar-refractivity contribution in [1.82, 2.24) is 9.55 Å². The van der Waals surface area contributed by atoms with Crippen LogP contribution in [0.5, 0.6) is 0 Å². The summed E-state index contributed by atoms with van der Waals surface area (Å²) < 4.78 is 15.5. The Balaban J connectivity index is 2.17. The molecule has 0 saturated carbocycles. The van der Waals surface area contributed by atoms with Crippen LogP contribution in [-0.2, 0) is 5.88 Å². The Morgan fingerprint density at radius 2 is 2.00 bits per heavy atom. The number of nitrogens with zero attached hydrogens (tertiary/aromatic N) is 2. The van der Waals surface area contributed by atoms with Crippen molar-refractivity contribution in [2.24, 2.45) is 0 Å². The van der Waals surface area contributed by atoms with Crippen LogP contribution >= 0.6 is 11.6 Å². The van der Waals surface area contributed by atoms with E-state index in [9.17, 15) is 4.39 Å². The van der Waals surface area contributed by atoms with Gasteiger partial charge in [0.15, 0.2) is 0 Å². The molecule has 0 amide bonds. The van der Waals surface area contributed by atoms with E-state index in [2.05, 4.69) is 9.55 Å². The first-order chi connectivity index (χ1) is 9.70. The Morgan fingerprint density at radius 3 is 2.75 bits per heavy atom. The first-order valence-corrected chi connectivity index (χ1v) is 7.01. The molecule has 0 fully saturated rings. The summed E-state index contributed by atoms with van der Waals surface area (Å²) in [5.41, 5.74) is 2.82. The molecule has 3 rings (SSSR count). The Bertz CT molecular complexity index is 751. The lowest BCUT2D eigenvalue weighted by molar-refractivity contribution is 0.603. The maximum Gasteiger partial charge on any atom is 0.125 e. The molecule has 0 saturated heterocycles. The molecule has 0 radical (unpaired) electrons. The van der Waals surface area contributed by atoms with Crippen LogP contribution < -0.4 is 0 Å². The smallest absolute Gasteiger partial charge is 0.125 e. The molecular formula is C16H14ClFN2. The predicted octanol–water partition coefficient (Wildman–Crippen LogP) is 4.52. The van der Waals surface area contributed by atoms with Crippen molar-refractivity contribution in [2.75, 3.05) is 0 Å². The number of para-hydroxylation sites is 2. The normalized spacial score (nSPS) is 12.8. The maximum atomic E-state index is 13.4. The molecule has 1 aromatic heterocycles. The summed E-state index contributed by atoms with van der Waals surface area (Å²) in [6, 6.07) is 14.5. The van der Waals surface area contributed by atoms with Gasteiger partial charge in [-0.15, -0.1) is 11.6 Å². The molecule has 1 unspecified atom stereocenters. The highest BCUT2D eigenvalue weighted by Gasteiger charge is 2.16. The minimum absolute atomic E-state index is 0.0214. The Kier molecular flexibility index (Phi) is 3.45. The van der Waals surface area contributed by atoms with Crippen molar-refractivity contribution in [3.8, 4) is 0 Å². The van der Waals surface area contributed by atoms with Gasteiger partial charge in [0.05, 0.1) is 23.0 Å². The Morgan fingerprint density at radius 1 is 1.20 bits per heavy atom. The first kappa shape index (κ1) is 13.1. The van der Waals surface area contributed by atoms with Crippen molar-refractivity contribution in [1.29, 1.82) is 0 Å². The van der Waals surface area contributed by atoms with Gasteiger partial charge < -0.3 is 4.57 Å². The van der Waals surface area contributed by atoms with Crippen molar-refractivity contribution in [2.45, 2.75) is 18.8 Å². The molecule has 4 heteroatoms. The average molecular weight is 289 g/mol. The van der Waals surface area contributed by atoms with Crippen molar-refractivity contribution in [3.05, 3.63) is 65.7 Å². The number of alkyl halides is 1. The zero-order chi connectivity index (χ0) is 14.1. The number of imidazole rings is 1. The van der Waals surface area contributed by atoms with Gasteiger partial charge in [-0.1, -0.05) is 24.3 Å². The number of hydrogen-bond donors (Lipinski definition) is 0. The fourth-order valence-electron chi connectivity index (χ4n) is 2.54. The van der Waals surface area contributed by atoms with E-state index in [0.717, 1.165) is 22.4 Å². The summed E-state index contributed by atoms with van der Waals surface area (Å²) in [7, 11) is 0. The van der Waals surface area contributed by atoms with Crippen LogP contribution in [0.3, 0.4) is 0 Å². The van der Waals surface area contributed by atoms with E-state index in [1.54, 1.807) is 12.1 Å². The van der Waals surface area contributed by atoms with Crippen LogP contribution in [0.2, 0.25) is 0 Å². The number of halogens is 2. The molecule has 2 nitrogen and oxygen atoms in total. The summed E-state index contributed by atoms with van der Waals surface area (Å²) in [4.78, 5) is 4.54. The molecule has 0 N–H and O–H groups in total. The van der Waals surface area contributed by atoms with Crippen LogP contribution in [0, 0.1) is 5.82 Å². The zero-order valence-electron chi connectivity index (χ0n) is 11.1. The third kappa shape index (κ3) is 2.18. The van der Waals surface area contributed by atoms with Gasteiger partial charge in [0.25, 0.3) is 0 Å². The Labute approximate surface area is 121 Å². The average Bonchev–Trinajstić information content (AvgIpc) is 2.85. The minimum atomic E-state index is -0.230. The van der Waals surface area contributed by atoms with Gasteiger partial charge in [-0.05, 0) is 36.8 Å². The van der Waals surface area contributed by atoms with Gasteiger partial charge >= 0.3 is 0 Å². The molecule has 0 aliphatic rings. The van der Waals surface area contributed by atoms with Gasteiger partial charge in [0.2, 0.25) is 0 Å². The zero-order valence-corrected chi connectivity index (χ0v) is 11.8. The van der Waals surface area contributed by atoms with E-state index in [-0.39, 0.29) is 11.9 Å². The number of rotatable bonds is 3. The third-order valence-corrected chi connectivity index (χ3v) is 3.75.